The van der Waals surface area contributed by atoms with E-state index in [-0.39, 0.29) is 11.6 Å². The largest absolute Gasteiger partial charge is 0.442 e. The van der Waals surface area contributed by atoms with Gasteiger partial charge in [0.2, 0.25) is 5.89 Å². The van der Waals surface area contributed by atoms with Gasteiger partial charge in [0.05, 0.1) is 0 Å². The molecule has 1 N–H and O–H groups in total. The fourth-order valence-electron chi connectivity index (χ4n) is 1.75. The number of carbonyl (C=O) groups is 1. The van der Waals surface area contributed by atoms with Crippen molar-refractivity contribution < 1.29 is 9.21 Å². The van der Waals surface area contributed by atoms with Crippen LogP contribution in [0.5, 0.6) is 0 Å². The fraction of sp³-hybridized carbons (Fsp3) is 0. The van der Waals surface area contributed by atoms with Gasteiger partial charge >= 0.3 is 0 Å². The van der Waals surface area contributed by atoms with Crippen molar-refractivity contribution in [1.82, 2.24) is 9.97 Å². The molecule has 0 radical (unpaired) electrons. The van der Waals surface area contributed by atoms with Crippen molar-refractivity contribution in [3.8, 4) is 11.6 Å². The predicted octanol–water partition coefficient (Wildman–Crippen LogP) is 3.75. The molecule has 104 valence electrons. The molecule has 1 amide bonds. The van der Waals surface area contributed by atoms with Gasteiger partial charge in [-0.05, 0) is 30.3 Å². The maximum atomic E-state index is 12.1. The third kappa shape index (κ3) is 3.17. The highest BCUT2D eigenvalue weighted by Gasteiger charge is 2.14. The van der Waals surface area contributed by atoms with Gasteiger partial charge in [0.25, 0.3) is 5.91 Å². The van der Waals surface area contributed by atoms with Crippen molar-refractivity contribution in [2.24, 2.45) is 0 Å². The van der Waals surface area contributed by atoms with Gasteiger partial charge < -0.3 is 9.73 Å². The van der Waals surface area contributed by atoms with Gasteiger partial charge in [-0.3, -0.25) is 9.78 Å². The minimum Gasteiger partial charge on any atom is -0.442 e. The topological polar surface area (TPSA) is 68.0 Å². The molecule has 21 heavy (non-hydrogen) atoms. The van der Waals surface area contributed by atoms with Crippen molar-refractivity contribution in [3.05, 3.63) is 65.1 Å². The second-order valence-electron chi connectivity index (χ2n) is 4.22. The highest BCUT2D eigenvalue weighted by atomic mass is 79.9. The molecule has 0 fully saturated rings. The molecule has 0 unspecified atom stereocenters. The van der Waals surface area contributed by atoms with Crippen LogP contribution in [0, 0.1) is 0 Å². The van der Waals surface area contributed by atoms with Crippen LogP contribution in [-0.4, -0.2) is 15.9 Å². The van der Waals surface area contributed by atoms with Gasteiger partial charge in [0.1, 0.15) is 12.0 Å². The number of aromatic nitrogens is 2. The minimum atomic E-state index is -0.334. The van der Waals surface area contributed by atoms with Crippen molar-refractivity contribution >= 4 is 27.5 Å². The summed E-state index contributed by atoms with van der Waals surface area (Å²) in [7, 11) is 0. The average Bonchev–Trinajstić information content (AvgIpc) is 2.98. The van der Waals surface area contributed by atoms with E-state index in [0.29, 0.717) is 17.3 Å². The number of pyridine rings is 1. The first kappa shape index (κ1) is 13.5. The van der Waals surface area contributed by atoms with Gasteiger partial charge in [-0.15, -0.1) is 0 Å². The summed E-state index contributed by atoms with van der Waals surface area (Å²) < 4.78 is 6.17. The van der Waals surface area contributed by atoms with Crippen molar-refractivity contribution in [2.75, 3.05) is 5.32 Å². The summed E-state index contributed by atoms with van der Waals surface area (Å²) in [4.78, 5) is 20.4. The molecule has 0 saturated carbocycles. The molecule has 6 heteroatoms. The number of oxazole rings is 1. The smallest absolute Gasteiger partial charge is 0.277 e. The Morgan fingerprint density at radius 1 is 1.19 bits per heavy atom. The fourth-order valence-corrected chi connectivity index (χ4v) is 2.15. The number of halogens is 1. The van der Waals surface area contributed by atoms with E-state index in [1.807, 2.05) is 18.2 Å². The van der Waals surface area contributed by atoms with Gasteiger partial charge in [-0.2, -0.15) is 0 Å². The third-order valence-corrected chi connectivity index (χ3v) is 3.20. The maximum Gasteiger partial charge on any atom is 0.277 e. The Morgan fingerprint density at radius 3 is 2.86 bits per heavy atom. The molecule has 0 spiro atoms. The van der Waals surface area contributed by atoms with E-state index >= 15 is 0 Å². The number of nitrogens with zero attached hydrogens (tertiary/aromatic N) is 2. The Kier molecular flexibility index (Phi) is 3.79. The van der Waals surface area contributed by atoms with Crippen molar-refractivity contribution in [1.29, 1.82) is 0 Å². The minimum absolute atomic E-state index is 0.204. The molecule has 3 aromatic rings. The van der Waals surface area contributed by atoms with Crippen LogP contribution in [0.2, 0.25) is 0 Å². The molecule has 0 bridgehead atoms. The summed E-state index contributed by atoms with van der Waals surface area (Å²) in [5.74, 6) is -0.0194. The monoisotopic (exact) mass is 343 g/mol. The first-order chi connectivity index (χ1) is 10.2. The lowest BCUT2D eigenvalue weighted by Gasteiger charge is -2.02. The van der Waals surface area contributed by atoms with Gasteiger partial charge in [0.15, 0.2) is 5.69 Å². The van der Waals surface area contributed by atoms with Crippen molar-refractivity contribution in [2.45, 2.75) is 0 Å². The Hall–Kier alpha value is -2.47. The highest BCUT2D eigenvalue weighted by Crippen LogP contribution is 2.18. The first-order valence-electron chi connectivity index (χ1n) is 6.16. The van der Waals surface area contributed by atoms with Crippen LogP contribution in [-0.2, 0) is 0 Å². The highest BCUT2D eigenvalue weighted by molar-refractivity contribution is 9.10. The van der Waals surface area contributed by atoms with Crippen LogP contribution in [0.4, 0.5) is 5.69 Å². The lowest BCUT2D eigenvalue weighted by Crippen LogP contribution is -2.12. The second-order valence-corrected chi connectivity index (χ2v) is 5.13. The van der Waals surface area contributed by atoms with E-state index in [4.69, 9.17) is 4.42 Å². The Bertz CT molecular complexity index is 771. The summed E-state index contributed by atoms with van der Waals surface area (Å²) in [5.41, 5.74) is 1.46. The first-order valence-corrected chi connectivity index (χ1v) is 6.95. The average molecular weight is 344 g/mol. The summed E-state index contributed by atoms with van der Waals surface area (Å²) in [6.07, 6.45) is 2.96. The van der Waals surface area contributed by atoms with E-state index < -0.39 is 0 Å². The molecule has 2 heterocycles. The molecule has 3 rings (SSSR count). The molecular weight excluding hydrogens is 334 g/mol. The van der Waals surface area contributed by atoms with Gasteiger partial charge in [-0.25, -0.2) is 4.98 Å². The lowest BCUT2D eigenvalue weighted by atomic mass is 10.3. The van der Waals surface area contributed by atoms with Crippen LogP contribution < -0.4 is 5.32 Å². The molecule has 0 saturated heterocycles. The van der Waals surface area contributed by atoms with Crippen LogP contribution in [0.1, 0.15) is 10.5 Å². The number of nitrogens with one attached hydrogen (secondary N) is 1. The SMILES string of the molecule is O=C(Nc1cccc(Br)c1)c1coc(-c2ccccn2)n1. The van der Waals surface area contributed by atoms with Crippen LogP contribution in [0.3, 0.4) is 0 Å². The molecule has 0 aliphatic heterocycles. The number of amides is 1. The number of anilines is 1. The zero-order valence-electron chi connectivity index (χ0n) is 10.8. The summed E-state index contributed by atoms with van der Waals surface area (Å²) in [5, 5.41) is 2.75. The normalized spacial score (nSPS) is 10.3. The van der Waals surface area contributed by atoms with Crippen LogP contribution >= 0.6 is 15.9 Å². The van der Waals surface area contributed by atoms with Crippen LogP contribution in [0.25, 0.3) is 11.6 Å². The molecule has 5 nitrogen and oxygen atoms in total. The van der Waals surface area contributed by atoms with E-state index in [9.17, 15) is 4.79 Å². The number of hydrogen-bond acceptors (Lipinski definition) is 4. The quantitative estimate of drug-likeness (QED) is 0.786. The predicted molar refractivity (Wildman–Crippen MR) is 81.8 cm³/mol. The zero-order valence-corrected chi connectivity index (χ0v) is 12.4. The summed E-state index contributed by atoms with van der Waals surface area (Å²) in [6, 6.07) is 12.7. The lowest BCUT2D eigenvalue weighted by molar-refractivity contribution is 0.102. The van der Waals surface area contributed by atoms with Crippen molar-refractivity contribution in [3.63, 3.8) is 0 Å². The maximum absolute atomic E-state index is 12.1. The van der Waals surface area contributed by atoms with Crippen LogP contribution in [0.15, 0.2) is 63.8 Å². The number of carbonyl (C=O) groups excluding carboxylic acids is 1. The number of benzene rings is 1. The molecular formula is C15H10BrN3O2. The summed E-state index contributed by atoms with van der Waals surface area (Å²) in [6.45, 7) is 0. The third-order valence-electron chi connectivity index (χ3n) is 2.70. The molecule has 1 aromatic carbocycles. The molecule has 0 aliphatic carbocycles. The standard InChI is InChI=1S/C15H10BrN3O2/c16-10-4-3-5-11(8-10)18-14(20)13-9-21-15(19-13)12-6-1-2-7-17-12/h1-9H,(H,18,20). The Labute approximate surface area is 129 Å². The van der Waals surface area contributed by atoms with Gasteiger partial charge in [0, 0.05) is 16.4 Å². The van der Waals surface area contributed by atoms with Gasteiger partial charge in [-0.1, -0.05) is 28.1 Å². The number of hydrogen-bond donors (Lipinski definition) is 1. The van der Waals surface area contributed by atoms with E-state index in [0.717, 1.165) is 4.47 Å². The molecule has 0 atom stereocenters. The Morgan fingerprint density at radius 2 is 2.10 bits per heavy atom. The summed E-state index contributed by atoms with van der Waals surface area (Å²) >= 11 is 3.35. The van der Waals surface area contributed by atoms with E-state index in [1.165, 1.54) is 6.26 Å². The Balaban J connectivity index is 1.78. The zero-order chi connectivity index (χ0) is 14.7. The second kappa shape index (κ2) is 5.88. The number of rotatable bonds is 3. The molecule has 2 aromatic heterocycles. The van der Waals surface area contributed by atoms with E-state index in [2.05, 4.69) is 31.2 Å². The molecule has 0 aliphatic rings. The van der Waals surface area contributed by atoms with E-state index in [1.54, 1.807) is 30.5 Å².